The molecule has 55 heavy (non-hydrogen) atoms. The maximum Gasteiger partial charge on any atom is 0.139 e. The Bertz CT molecular complexity index is 3210. The van der Waals surface area contributed by atoms with Gasteiger partial charge in [0.1, 0.15) is 73.9 Å². The molecule has 0 aliphatic carbocycles. The highest BCUT2D eigenvalue weighted by molar-refractivity contribution is 6.71. The van der Waals surface area contributed by atoms with Crippen molar-refractivity contribution in [1.29, 1.82) is 0 Å². The number of para-hydroxylation sites is 1. The van der Waals surface area contributed by atoms with Crippen molar-refractivity contribution in [2.45, 2.75) is 0 Å². The molecule has 0 fully saturated rings. The second-order valence-corrected chi connectivity index (χ2v) is 15.8. The molecule has 1 heterocycles. The summed E-state index contributed by atoms with van der Waals surface area (Å²) in [5.74, 6) is 0. The number of benzene rings is 9. The molecule has 10 aromatic rings. The van der Waals surface area contributed by atoms with Crippen molar-refractivity contribution in [2.24, 2.45) is 0 Å². The van der Waals surface area contributed by atoms with Crippen LogP contribution >= 0.6 is 0 Å². The number of fused-ring (bicyclic) bond motifs is 8. The molecule has 0 spiro atoms. The van der Waals surface area contributed by atoms with Crippen molar-refractivity contribution >= 4 is 172 Å². The molecule has 0 aliphatic heterocycles. The first kappa shape index (κ1) is 33.9. The molecular formula is C46H36B8O. The second-order valence-electron chi connectivity index (χ2n) is 15.8. The lowest BCUT2D eigenvalue weighted by atomic mass is 9.59. The molecule has 0 N–H and O–H groups in total. The van der Waals surface area contributed by atoms with Crippen LogP contribution in [0.4, 0.5) is 0 Å². The minimum absolute atomic E-state index is 0.925. The van der Waals surface area contributed by atoms with Gasteiger partial charge in [0.25, 0.3) is 0 Å². The highest BCUT2D eigenvalue weighted by Crippen LogP contribution is 2.45. The van der Waals surface area contributed by atoms with Gasteiger partial charge in [-0.3, -0.25) is 0 Å². The average molecular weight is 691 g/mol. The van der Waals surface area contributed by atoms with Gasteiger partial charge >= 0.3 is 0 Å². The van der Waals surface area contributed by atoms with Gasteiger partial charge in [0.15, 0.2) is 0 Å². The lowest BCUT2D eigenvalue weighted by Gasteiger charge is -2.28. The van der Waals surface area contributed by atoms with Crippen LogP contribution < -0.4 is 43.7 Å². The summed E-state index contributed by atoms with van der Waals surface area (Å²) in [6, 6.07) is 44.5. The molecule has 0 atom stereocenters. The summed E-state index contributed by atoms with van der Waals surface area (Å²) in [6.45, 7) is 0. The standard InChI is InChI=1S/C46H36B8O/c47-39-35-32(23-17-15-22(16-18-23)25-10-5-11-26-24-8-2-1-7-21(24)19-20-27(25)26)36-38(42(50)46(54)44(52)40(36)48)34(37(35)41(49)45(53)43(39)51)29-12-6-14-31-33(29)28-9-3-4-13-30(28)55-31/h1-20H,47-54H2. The summed E-state index contributed by atoms with van der Waals surface area (Å²) in [4.78, 5) is 0. The van der Waals surface area contributed by atoms with Crippen LogP contribution in [-0.2, 0) is 0 Å². The summed E-state index contributed by atoms with van der Waals surface area (Å²) in [5, 5.41) is 12.9. The van der Waals surface area contributed by atoms with Crippen molar-refractivity contribution in [1.82, 2.24) is 0 Å². The van der Waals surface area contributed by atoms with Crippen LogP contribution in [0.15, 0.2) is 126 Å². The van der Waals surface area contributed by atoms with E-state index in [1.807, 2.05) is 0 Å². The van der Waals surface area contributed by atoms with E-state index in [0.717, 1.165) is 16.6 Å². The van der Waals surface area contributed by atoms with Gasteiger partial charge in [0.05, 0.1) is 0 Å². The maximum absolute atomic E-state index is 6.52. The zero-order valence-electron chi connectivity index (χ0n) is 33.0. The number of rotatable bonds is 3. The highest BCUT2D eigenvalue weighted by atomic mass is 16.3. The highest BCUT2D eigenvalue weighted by Gasteiger charge is 2.26. The summed E-state index contributed by atoms with van der Waals surface area (Å²) in [5.41, 5.74) is 20.3. The van der Waals surface area contributed by atoms with Crippen LogP contribution in [0.25, 0.3) is 98.4 Å². The Labute approximate surface area is 329 Å². The minimum Gasteiger partial charge on any atom is -0.456 e. The Hall–Kier alpha value is -5.66. The van der Waals surface area contributed by atoms with Crippen molar-refractivity contribution in [3.05, 3.63) is 121 Å². The molecule has 0 saturated carbocycles. The summed E-state index contributed by atoms with van der Waals surface area (Å²) in [7, 11) is 18.6. The van der Waals surface area contributed by atoms with E-state index in [1.54, 1.807) is 0 Å². The molecule has 9 heteroatoms. The van der Waals surface area contributed by atoms with Gasteiger partial charge in [0.2, 0.25) is 0 Å². The normalized spacial score (nSPS) is 11.9. The Morgan fingerprint density at radius 1 is 0.291 bits per heavy atom. The minimum atomic E-state index is 0.925. The van der Waals surface area contributed by atoms with Crippen molar-refractivity contribution in [2.75, 3.05) is 0 Å². The van der Waals surface area contributed by atoms with Gasteiger partial charge in [-0.15, -0.1) is 21.9 Å². The summed E-state index contributed by atoms with van der Waals surface area (Å²) >= 11 is 0. The van der Waals surface area contributed by atoms with E-state index < -0.39 is 0 Å². The van der Waals surface area contributed by atoms with Crippen LogP contribution in [0.3, 0.4) is 0 Å². The lowest BCUT2D eigenvalue weighted by molar-refractivity contribution is 0.669. The van der Waals surface area contributed by atoms with E-state index in [1.165, 1.54) is 126 Å². The predicted octanol–water partition coefficient (Wildman–Crippen LogP) is -0.733. The fraction of sp³-hybridized carbons (Fsp3) is 0. The van der Waals surface area contributed by atoms with Gasteiger partial charge in [-0.25, -0.2) is 0 Å². The van der Waals surface area contributed by atoms with Crippen LogP contribution in [0.2, 0.25) is 0 Å². The van der Waals surface area contributed by atoms with Crippen LogP contribution in [0.1, 0.15) is 0 Å². The molecule has 10 rings (SSSR count). The van der Waals surface area contributed by atoms with E-state index in [2.05, 4.69) is 184 Å². The first-order valence-corrected chi connectivity index (χ1v) is 19.5. The number of hydrogen-bond donors (Lipinski definition) is 0. The lowest BCUT2D eigenvalue weighted by Crippen LogP contribution is -2.50. The van der Waals surface area contributed by atoms with Gasteiger partial charge in [-0.2, -0.15) is 0 Å². The quantitative estimate of drug-likeness (QED) is 0.136. The largest absolute Gasteiger partial charge is 0.456 e. The molecule has 250 valence electrons. The van der Waals surface area contributed by atoms with Gasteiger partial charge < -0.3 is 4.42 Å². The third kappa shape index (κ3) is 4.78. The zero-order valence-corrected chi connectivity index (χ0v) is 33.0. The van der Waals surface area contributed by atoms with Gasteiger partial charge in [-0.1, -0.05) is 131 Å². The Balaban J connectivity index is 1.34. The van der Waals surface area contributed by atoms with E-state index in [0.29, 0.717) is 0 Å². The van der Waals surface area contributed by atoms with Crippen LogP contribution in [-0.4, -0.2) is 62.8 Å². The van der Waals surface area contributed by atoms with Crippen LogP contribution in [0, 0.1) is 0 Å². The van der Waals surface area contributed by atoms with E-state index in [-0.39, 0.29) is 0 Å². The summed E-state index contributed by atoms with van der Waals surface area (Å²) < 4.78 is 6.52. The SMILES string of the molecule is Bc1c(B)c(B)c2c(-c3cccc4oc5ccccc5c34)c3c(B)c(B)c(B)c(B)c3c(-c3ccc(-c4cccc5c4ccc4ccccc45)cc3)c2c1B. The molecule has 1 aromatic heterocycles. The monoisotopic (exact) mass is 692 g/mol. The summed E-state index contributed by atoms with van der Waals surface area (Å²) in [6.07, 6.45) is 0. The van der Waals surface area contributed by atoms with E-state index >= 15 is 0 Å². The fourth-order valence-corrected chi connectivity index (χ4v) is 9.77. The molecule has 0 unspecified atom stereocenters. The molecule has 0 aliphatic rings. The predicted molar refractivity (Wildman–Crippen MR) is 265 cm³/mol. The van der Waals surface area contributed by atoms with Gasteiger partial charge in [0, 0.05) is 10.8 Å². The van der Waals surface area contributed by atoms with Crippen molar-refractivity contribution in [3.8, 4) is 33.4 Å². The van der Waals surface area contributed by atoms with E-state index in [4.69, 9.17) is 4.42 Å². The Kier molecular flexibility index (Phi) is 7.66. The average Bonchev–Trinajstić information content (AvgIpc) is 3.61. The first-order chi connectivity index (χ1) is 26.7. The third-order valence-electron chi connectivity index (χ3n) is 13.3. The maximum atomic E-state index is 6.52. The Morgan fingerprint density at radius 3 is 1.44 bits per heavy atom. The first-order valence-electron chi connectivity index (χ1n) is 19.5. The molecule has 0 bridgehead atoms. The molecule has 0 radical (unpaired) electrons. The van der Waals surface area contributed by atoms with Crippen LogP contribution in [0.5, 0.6) is 0 Å². The molecule has 0 amide bonds. The third-order valence-corrected chi connectivity index (χ3v) is 13.3. The smallest absolute Gasteiger partial charge is 0.139 e. The molecule has 1 nitrogen and oxygen atoms in total. The topological polar surface area (TPSA) is 13.1 Å². The van der Waals surface area contributed by atoms with Crippen molar-refractivity contribution < 1.29 is 4.42 Å². The fourth-order valence-electron chi connectivity index (χ4n) is 9.77. The van der Waals surface area contributed by atoms with E-state index in [9.17, 15) is 0 Å². The van der Waals surface area contributed by atoms with Gasteiger partial charge in [-0.05, 0) is 88.6 Å². The number of furan rings is 1. The molecular weight excluding hydrogens is 655 g/mol. The van der Waals surface area contributed by atoms with Crippen molar-refractivity contribution in [3.63, 3.8) is 0 Å². The number of hydrogen-bond acceptors (Lipinski definition) is 1. The second kappa shape index (κ2) is 12.4. The molecule has 0 saturated heterocycles. The zero-order chi connectivity index (χ0) is 37.9. The Morgan fingerprint density at radius 2 is 0.782 bits per heavy atom. The molecule has 9 aromatic carbocycles.